The zero-order valence-electron chi connectivity index (χ0n) is 16.5. The molecule has 28 heavy (non-hydrogen) atoms. The lowest BCUT2D eigenvalue weighted by Crippen LogP contribution is -2.19. The third kappa shape index (κ3) is 4.60. The maximum absolute atomic E-state index is 11.8. The maximum atomic E-state index is 11.8. The van der Waals surface area contributed by atoms with Crippen molar-refractivity contribution in [1.29, 1.82) is 0 Å². The Kier molecular flexibility index (Phi) is 6.04. The summed E-state index contributed by atoms with van der Waals surface area (Å²) in [4.78, 5) is 25.1. The summed E-state index contributed by atoms with van der Waals surface area (Å²) in [5, 5.41) is 3.39. The number of hydrogen-bond donors (Lipinski definition) is 1. The van der Waals surface area contributed by atoms with E-state index in [4.69, 9.17) is 9.47 Å². The van der Waals surface area contributed by atoms with E-state index in [1.165, 1.54) is 12.8 Å². The molecule has 8 heteroatoms. The van der Waals surface area contributed by atoms with Gasteiger partial charge < -0.3 is 14.8 Å². The van der Waals surface area contributed by atoms with Crippen LogP contribution in [0.3, 0.4) is 0 Å². The summed E-state index contributed by atoms with van der Waals surface area (Å²) in [5.41, 5.74) is 1.55. The summed E-state index contributed by atoms with van der Waals surface area (Å²) in [6, 6.07) is 0. The van der Waals surface area contributed by atoms with Gasteiger partial charge in [-0.2, -0.15) is 0 Å². The predicted octanol–water partition coefficient (Wildman–Crippen LogP) is 3.45. The molecule has 1 aliphatic heterocycles. The molecule has 2 fully saturated rings. The van der Waals surface area contributed by atoms with E-state index in [0.717, 1.165) is 61.5 Å². The van der Waals surface area contributed by atoms with Crippen LogP contribution in [0.25, 0.3) is 11.2 Å². The molecule has 0 unspecified atom stereocenters. The van der Waals surface area contributed by atoms with Gasteiger partial charge in [0.05, 0.1) is 12.4 Å². The van der Waals surface area contributed by atoms with E-state index in [1.54, 1.807) is 12.7 Å². The summed E-state index contributed by atoms with van der Waals surface area (Å²) >= 11 is 0. The lowest BCUT2D eigenvalue weighted by Gasteiger charge is -2.15. The number of esters is 1. The van der Waals surface area contributed by atoms with Crippen molar-refractivity contribution in [2.45, 2.75) is 70.6 Å². The number of carbonyl (C=O) groups excluding carboxylic acids is 1. The van der Waals surface area contributed by atoms with E-state index >= 15 is 0 Å². The van der Waals surface area contributed by atoms with E-state index in [2.05, 4.69) is 27.2 Å². The maximum Gasteiger partial charge on any atom is 0.305 e. The summed E-state index contributed by atoms with van der Waals surface area (Å²) < 4.78 is 13.4. The topological polar surface area (TPSA) is 91.2 Å². The van der Waals surface area contributed by atoms with Crippen LogP contribution in [0.2, 0.25) is 0 Å². The Balaban J connectivity index is 1.33. The Morgan fingerprint density at radius 2 is 2.14 bits per heavy atom. The highest BCUT2D eigenvalue weighted by molar-refractivity contribution is 5.82. The number of nitrogens with zero attached hydrogens (tertiary/aromatic N) is 4. The minimum atomic E-state index is -0.139. The molecule has 3 heterocycles. The molecular weight excluding hydrogens is 358 g/mol. The van der Waals surface area contributed by atoms with Crippen LogP contribution < -0.4 is 5.32 Å². The van der Waals surface area contributed by atoms with Gasteiger partial charge >= 0.3 is 5.97 Å². The largest absolute Gasteiger partial charge is 0.463 e. The Hall–Kier alpha value is -2.22. The molecule has 0 spiro atoms. The van der Waals surface area contributed by atoms with Gasteiger partial charge in [0.2, 0.25) is 0 Å². The van der Waals surface area contributed by atoms with Gasteiger partial charge in [0.15, 0.2) is 17.0 Å². The van der Waals surface area contributed by atoms with Crippen LogP contribution >= 0.6 is 0 Å². The lowest BCUT2D eigenvalue weighted by atomic mass is 10.2. The summed E-state index contributed by atoms with van der Waals surface area (Å²) in [6.45, 7) is 3.37. The van der Waals surface area contributed by atoms with Crippen LogP contribution in [-0.2, 0) is 14.3 Å². The number of imidazole rings is 1. The van der Waals surface area contributed by atoms with Crippen molar-refractivity contribution < 1.29 is 14.3 Å². The molecule has 2 aliphatic rings. The fraction of sp³-hybridized carbons (Fsp3) is 0.700. The molecule has 0 bridgehead atoms. The monoisotopic (exact) mass is 387 g/mol. The summed E-state index contributed by atoms with van der Waals surface area (Å²) in [5.74, 6) is 1.41. The SMILES string of the molecule is CCCCCC(=O)OC[C@@H]1CC[C@H](n2cnc3c(NCC4CC4)ncnc32)O1. The van der Waals surface area contributed by atoms with Crippen LogP contribution in [0, 0.1) is 5.92 Å². The second-order valence-corrected chi connectivity index (χ2v) is 7.80. The number of aromatic nitrogens is 4. The van der Waals surface area contributed by atoms with Crippen molar-refractivity contribution in [2.75, 3.05) is 18.5 Å². The highest BCUT2D eigenvalue weighted by Gasteiger charge is 2.29. The third-order valence-corrected chi connectivity index (χ3v) is 5.42. The molecule has 0 aromatic carbocycles. The number of nitrogens with one attached hydrogen (secondary N) is 1. The van der Waals surface area contributed by atoms with Gasteiger partial charge in [0.25, 0.3) is 0 Å². The number of carbonyl (C=O) groups is 1. The van der Waals surface area contributed by atoms with Crippen molar-refractivity contribution in [2.24, 2.45) is 5.92 Å². The minimum absolute atomic E-state index is 0.0770. The van der Waals surface area contributed by atoms with Crippen molar-refractivity contribution >= 4 is 23.0 Å². The summed E-state index contributed by atoms with van der Waals surface area (Å²) in [6.07, 6.45) is 10.9. The number of unbranched alkanes of at least 4 members (excludes halogenated alkanes) is 2. The quantitative estimate of drug-likeness (QED) is 0.493. The van der Waals surface area contributed by atoms with Gasteiger partial charge in [-0.05, 0) is 38.0 Å². The Morgan fingerprint density at radius 3 is 2.96 bits per heavy atom. The van der Waals surface area contributed by atoms with Crippen molar-refractivity contribution in [1.82, 2.24) is 19.5 Å². The highest BCUT2D eigenvalue weighted by Crippen LogP contribution is 2.32. The predicted molar refractivity (Wildman–Crippen MR) is 105 cm³/mol. The first-order valence-corrected chi connectivity index (χ1v) is 10.5. The Morgan fingerprint density at radius 1 is 1.25 bits per heavy atom. The zero-order chi connectivity index (χ0) is 19.3. The molecule has 4 rings (SSSR count). The van der Waals surface area contributed by atoms with E-state index in [1.807, 2.05) is 4.57 Å². The molecule has 2 atom stereocenters. The first-order chi connectivity index (χ1) is 13.7. The minimum Gasteiger partial charge on any atom is -0.463 e. The van der Waals surface area contributed by atoms with Gasteiger partial charge in [-0.3, -0.25) is 9.36 Å². The fourth-order valence-corrected chi connectivity index (χ4v) is 3.55. The second kappa shape index (κ2) is 8.86. The highest BCUT2D eigenvalue weighted by atomic mass is 16.6. The van der Waals surface area contributed by atoms with E-state index in [9.17, 15) is 4.79 Å². The number of hydrogen-bond acceptors (Lipinski definition) is 7. The van der Waals surface area contributed by atoms with Gasteiger partial charge in [-0.1, -0.05) is 19.8 Å². The van der Waals surface area contributed by atoms with Crippen LogP contribution in [0.15, 0.2) is 12.7 Å². The van der Waals surface area contributed by atoms with E-state index in [0.29, 0.717) is 13.0 Å². The first kappa shape index (κ1) is 19.1. The number of ether oxygens (including phenoxy) is 2. The molecule has 152 valence electrons. The molecule has 0 amide bonds. The van der Waals surface area contributed by atoms with Crippen molar-refractivity contribution in [3.8, 4) is 0 Å². The molecule has 1 N–H and O–H groups in total. The number of fused-ring (bicyclic) bond motifs is 1. The number of anilines is 1. The second-order valence-electron chi connectivity index (χ2n) is 7.80. The Bertz CT molecular complexity index is 804. The van der Waals surface area contributed by atoms with Gasteiger partial charge in [-0.15, -0.1) is 0 Å². The number of rotatable bonds is 10. The zero-order valence-corrected chi connectivity index (χ0v) is 16.5. The molecule has 1 aliphatic carbocycles. The van der Waals surface area contributed by atoms with Gasteiger partial charge in [0, 0.05) is 13.0 Å². The molecule has 1 saturated carbocycles. The van der Waals surface area contributed by atoms with Crippen LogP contribution in [0.5, 0.6) is 0 Å². The van der Waals surface area contributed by atoms with Crippen LogP contribution in [-0.4, -0.2) is 44.7 Å². The average molecular weight is 387 g/mol. The van der Waals surface area contributed by atoms with Gasteiger partial charge in [-0.25, -0.2) is 15.0 Å². The van der Waals surface area contributed by atoms with E-state index in [-0.39, 0.29) is 18.3 Å². The summed E-state index contributed by atoms with van der Waals surface area (Å²) in [7, 11) is 0. The molecule has 1 saturated heterocycles. The van der Waals surface area contributed by atoms with Crippen molar-refractivity contribution in [3.63, 3.8) is 0 Å². The van der Waals surface area contributed by atoms with Crippen LogP contribution in [0.4, 0.5) is 5.82 Å². The lowest BCUT2D eigenvalue weighted by molar-refractivity contribution is -0.148. The third-order valence-electron chi connectivity index (χ3n) is 5.42. The van der Waals surface area contributed by atoms with E-state index < -0.39 is 0 Å². The molecular formula is C20H29N5O3. The van der Waals surface area contributed by atoms with Crippen LogP contribution in [0.1, 0.15) is 64.5 Å². The fourth-order valence-electron chi connectivity index (χ4n) is 3.55. The normalized spacial score (nSPS) is 21.9. The van der Waals surface area contributed by atoms with Gasteiger partial charge in [0.1, 0.15) is 19.2 Å². The first-order valence-electron chi connectivity index (χ1n) is 10.5. The Labute approximate surface area is 165 Å². The molecule has 2 aromatic rings. The smallest absolute Gasteiger partial charge is 0.305 e. The molecule has 0 radical (unpaired) electrons. The standard InChI is InChI=1S/C20H29N5O3/c1-2-3-4-5-17(26)27-11-15-8-9-16(28-15)25-13-24-18-19(21-10-14-6-7-14)22-12-23-20(18)25/h12-16H,2-11H2,1H3,(H,21,22,23)/t15-,16+/m0/s1. The van der Waals surface area contributed by atoms with Crippen molar-refractivity contribution in [3.05, 3.63) is 12.7 Å². The molecule has 8 nitrogen and oxygen atoms in total. The molecule has 2 aromatic heterocycles. The average Bonchev–Trinajstić information content (AvgIpc) is 3.24.